The third kappa shape index (κ3) is 4.18. The lowest BCUT2D eigenvalue weighted by atomic mass is 10.1. The van der Waals surface area contributed by atoms with Crippen LogP contribution in [0.4, 0.5) is 0 Å². The zero-order chi connectivity index (χ0) is 11.1. The van der Waals surface area contributed by atoms with Crippen LogP contribution in [-0.4, -0.2) is 0 Å². The van der Waals surface area contributed by atoms with Gasteiger partial charge in [0, 0.05) is 5.02 Å². The van der Waals surface area contributed by atoms with E-state index in [0.29, 0.717) is 0 Å². The fourth-order valence-corrected chi connectivity index (χ4v) is 1.31. The first-order valence-electron chi connectivity index (χ1n) is 4.94. The van der Waals surface area contributed by atoms with Crippen LogP contribution < -0.4 is 0 Å². The molecule has 0 atom stereocenters. The Kier molecular flexibility index (Phi) is 4.92. The molecule has 0 fully saturated rings. The van der Waals surface area contributed by atoms with E-state index in [2.05, 4.69) is 24.8 Å². The van der Waals surface area contributed by atoms with Crippen LogP contribution in [-0.2, 0) is 0 Å². The number of benzene rings is 1. The summed E-state index contributed by atoms with van der Waals surface area (Å²) in [5.41, 5.74) is 2.27. The molecule has 0 spiro atoms. The van der Waals surface area contributed by atoms with Crippen molar-refractivity contribution in [3.8, 4) is 0 Å². The van der Waals surface area contributed by atoms with Gasteiger partial charge in [0.2, 0.25) is 0 Å². The maximum atomic E-state index is 5.93. The van der Waals surface area contributed by atoms with Gasteiger partial charge in [-0.15, -0.1) is 6.58 Å². The Morgan fingerprint density at radius 3 is 2.80 bits per heavy atom. The van der Waals surface area contributed by atoms with Crippen molar-refractivity contribution in [2.45, 2.75) is 13.3 Å². The third-order valence-electron chi connectivity index (χ3n) is 2.02. The smallest absolute Gasteiger partial charge is 0.0435 e. The highest BCUT2D eigenvalue weighted by atomic mass is 35.5. The van der Waals surface area contributed by atoms with Crippen LogP contribution >= 0.6 is 11.6 Å². The highest BCUT2D eigenvalue weighted by Crippen LogP contribution is 2.16. The zero-order valence-electron chi connectivity index (χ0n) is 8.91. The van der Waals surface area contributed by atoms with Crippen molar-refractivity contribution in [2.75, 3.05) is 0 Å². The third-order valence-corrected chi connectivity index (χ3v) is 2.44. The lowest BCUT2D eigenvalue weighted by Crippen LogP contribution is -1.76. The molecule has 1 aromatic rings. The van der Waals surface area contributed by atoms with Gasteiger partial charge in [0.15, 0.2) is 0 Å². The molecule has 0 unspecified atom stereocenters. The first-order valence-corrected chi connectivity index (χ1v) is 5.32. The summed E-state index contributed by atoms with van der Waals surface area (Å²) in [4.78, 5) is 0. The Hall–Kier alpha value is -1.27. The van der Waals surface area contributed by atoms with Crippen LogP contribution in [0.5, 0.6) is 0 Å². The molecular weight excluding hydrogens is 204 g/mol. The second-order valence-corrected chi connectivity index (χ2v) is 3.73. The molecule has 0 nitrogen and oxygen atoms in total. The quantitative estimate of drug-likeness (QED) is 0.503. The minimum Gasteiger partial charge on any atom is -0.103 e. The van der Waals surface area contributed by atoms with E-state index >= 15 is 0 Å². The van der Waals surface area contributed by atoms with E-state index in [1.165, 1.54) is 5.56 Å². The molecule has 0 heterocycles. The molecule has 1 rings (SSSR count). The maximum absolute atomic E-state index is 5.93. The van der Waals surface area contributed by atoms with Gasteiger partial charge in [-0.05, 0) is 30.5 Å². The summed E-state index contributed by atoms with van der Waals surface area (Å²) in [6.45, 7) is 5.65. The molecule has 0 aromatic heterocycles. The maximum Gasteiger partial charge on any atom is 0.0435 e. The van der Waals surface area contributed by atoms with E-state index in [1.54, 1.807) is 0 Å². The predicted molar refractivity (Wildman–Crippen MR) is 69.2 cm³/mol. The Morgan fingerprint density at radius 1 is 1.33 bits per heavy atom. The van der Waals surface area contributed by atoms with Crippen molar-refractivity contribution in [2.24, 2.45) is 0 Å². The molecule has 15 heavy (non-hydrogen) atoms. The van der Waals surface area contributed by atoms with Crippen molar-refractivity contribution in [3.05, 3.63) is 65.2 Å². The molecule has 1 aromatic carbocycles. The molecule has 0 aliphatic heterocycles. The van der Waals surface area contributed by atoms with Gasteiger partial charge in [-0.3, -0.25) is 0 Å². The number of rotatable bonds is 4. The number of hydrogen-bond donors (Lipinski definition) is 0. The Bertz CT molecular complexity index is 386. The SMILES string of the molecule is C=CC/C=C\C=C\c1ccc(Cl)c(C)c1. The summed E-state index contributed by atoms with van der Waals surface area (Å²) in [6, 6.07) is 6.00. The van der Waals surface area contributed by atoms with Gasteiger partial charge in [-0.25, -0.2) is 0 Å². The zero-order valence-corrected chi connectivity index (χ0v) is 9.67. The normalized spacial score (nSPS) is 11.3. The van der Waals surface area contributed by atoms with Crippen molar-refractivity contribution in [1.29, 1.82) is 0 Å². The number of hydrogen-bond acceptors (Lipinski definition) is 0. The largest absolute Gasteiger partial charge is 0.103 e. The summed E-state index contributed by atoms with van der Waals surface area (Å²) in [6.07, 6.45) is 10.9. The van der Waals surface area contributed by atoms with Crippen molar-refractivity contribution in [3.63, 3.8) is 0 Å². The molecule has 0 bridgehead atoms. The minimum atomic E-state index is 0.814. The van der Waals surface area contributed by atoms with E-state index < -0.39 is 0 Å². The Balaban J connectivity index is 2.64. The van der Waals surface area contributed by atoms with E-state index in [9.17, 15) is 0 Å². The average molecular weight is 219 g/mol. The average Bonchev–Trinajstić information content (AvgIpc) is 2.23. The summed E-state index contributed by atoms with van der Waals surface area (Å²) >= 11 is 5.93. The van der Waals surface area contributed by atoms with Gasteiger partial charge in [0.05, 0.1) is 0 Å². The molecule has 0 radical (unpaired) electrons. The number of allylic oxidation sites excluding steroid dienone is 4. The molecule has 0 N–H and O–H groups in total. The molecular formula is C14H15Cl. The molecule has 1 heteroatoms. The summed E-state index contributed by atoms with van der Waals surface area (Å²) in [5, 5.41) is 0.814. The van der Waals surface area contributed by atoms with Crippen LogP contribution in [0.2, 0.25) is 5.02 Å². The van der Waals surface area contributed by atoms with Crippen molar-refractivity contribution in [1.82, 2.24) is 0 Å². The highest BCUT2D eigenvalue weighted by molar-refractivity contribution is 6.31. The van der Waals surface area contributed by atoms with Crippen LogP contribution in [0.1, 0.15) is 17.5 Å². The summed E-state index contributed by atoms with van der Waals surface area (Å²) in [7, 11) is 0. The topological polar surface area (TPSA) is 0 Å². The fraction of sp³-hybridized carbons (Fsp3) is 0.143. The van der Waals surface area contributed by atoms with Crippen molar-refractivity contribution >= 4 is 17.7 Å². The monoisotopic (exact) mass is 218 g/mol. The first kappa shape index (κ1) is 11.8. The van der Waals surface area contributed by atoms with Gasteiger partial charge in [0.1, 0.15) is 0 Å². The highest BCUT2D eigenvalue weighted by Gasteiger charge is 1.93. The molecule has 78 valence electrons. The summed E-state index contributed by atoms with van der Waals surface area (Å²) in [5.74, 6) is 0. The molecule has 0 saturated carbocycles. The summed E-state index contributed by atoms with van der Waals surface area (Å²) < 4.78 is 0. The predicted octanol–water partition coefficient (Wildman–Crippen LogP) is 4.79. The second kappa shape index (κ2) is 6.26. The lowest BCUT2D eigenvalue weighted by Gasteiger charge is -1.98. The number of halogens is 1. The van der Waals surface area contributed by atoms with Crippen LogP contribution in [0.3, 0.4) is 0 Å². The van der Waals surface area contributed by atoms with Gasteiger partial charge in [0.25, 0.3) is 0 Å². The van der Waals surface area contributed by atoms with Crippen LogP contribution in [0, 0.1) is 6.92 Å². The van der Waals surface area contributed by atoms with Gasteiger partial charge in [-0.2, -0.15) is 0 Å². The Morgan fingerprint density at radius 2 is 2.13 bits per heavy atom. The fourth-order valence-electron chi connectivity index (χ4n) is 1.19. The van der Waals surface area contributed by atoms with Gasteiger partial charge >= 0.3 is 0 Å². The molecule has 0 aliphatic rings. The van der Waals surface area contributed by atoms with Crippen LogP contribution in [0.15, 0.2) is 49.1 Å². The van der Waals surface area contributed by atoms with Crippen molar-refractivity contribution < 1.29 is 0 Å². The molecule has 0 amide bonds. The van der Waals surface area contributed by atoms with E-state index in [4.69, 9.17) is 11.6 Å². The first-order chi connectivity index (χ1) is 7.24. The van der Waals surface area contributed by atoms with E-state index in [1.807, 2.05) is 37.3 Å². The molecule has 0 saturated heterocycles. The minimum absolute atomic E-state index is 0.814. The van der Waals surface area contributed by atoms with Gasteiger partial charge < -0.3 is 0 Å². The van der Waals surface area contributed by atoms with Gasteiger partial charge in [-0.1, -0.05) is 54.1 Å². The van der Waals surface area contributed by atoms with Crippen LogP contribution in [0.25, 0.3) is 6.08 Å². The van der Waals surface area contributed by atoms with E-state index in [-0.39, 0.29) is 0 Å². The number of aryl methyl sites for hydroxylation is 1. The standard InChI is InChI=1S/C14H15Cl/c1-3-4-5-6-7-8-13-9-10-14(15)12(2)11-13/h3,5-11H,1,4H2,2H3/b6-5-,8-7+. The molecule has 0 aliphatic carbocycles. The lowest BCUT2D eigenvalue weighted by molar-refractivity contribution is 1.41. The Labute approximate surface area is 96.6 Å². The van der Waals surface area contributed by atoms with E-state index in [0.717, 1.165) is 17.0 Å². The second-order valence-electron chi connectivity index (χ2n) is 3.32.